The van der Waals surface area contributed by atoms with Gasteiger partial charge < -0.3 is 19.5 Å². The number of carbonyl (C=O) groups excluding carboxylic acids is 2. The number of morpholine rings is 1. The largest absolute Gasteiger partial charge is 0.480 e. The number of nitrogens with one attached hydrogen (secondary N) is 1. The van der Waals surface area contributed by atoms with E-state index in [1.54, 1.807) is 0 Å². The Hall–Kier alpha value is -1.67. The van der Waals surface area contributed by atoms with Gasteiger partial charge in [-0.1, -0.05) is 0 Å². The van der Waals surface area contributed by atoms with Gasteiger partial charge in [0, 0.05) is 13.1 Å². The molecule has 108 valence electrons. The van der Waals surface area contributed by atoms with Crippen LogP contribution in [0.5, 0.6) is 0 Å². The third-order valence-corrected chi connectivity index (χ3v) is 2.41. The summed E-state index contributed by atoms with van der Waals surface area (Å²) < 4.78 is 10.0. The minimum absolute atomic E-state index is 0.0899. The van der Waals surface area contributed by atoms with E-state index in [4.69, 9.17) is 9.84 Å². The Kier molecular flexibility index (Phi) is 5.71. The van der Waals surface area contributed by atoms with Crippen LogP contribution in [0.15, 0.2) is 0 Å². The number of rotatable bonds is 4. The summed E-state index contributed by atoms with van der Waals surface area (Å²) in [4.78, 5) is 34.8. The average molecular weight is 274 g/mol. The molecule has 0 spiro atoms. The molecule has 0 saturated carbocycles. The van der Waals surface area contributed by atoms with Crippen molar-refractivity contribution in [3.05, 3.63) is 0 Å². The number of hydrogen-bond acceptors (Lipinski definition) is 5. The third kappa shape index (κ3) is 5.66. The maximum Gasteiger partial charge on any atom is 0.329 e. The summed E-state index contributed by atoms with van der Waals surface area (Å²) in [5.41, 5.74) is 0. The van der Waals surface area contributed by atoms with E-state index in [9.17, 15) is 14.4 Å². The van der Waals surface area contributed by atoms with Crippen molar-refractivity contribution in [3.63, 3.8) is 0 Å². The molecular formula is C11H18N2O6. The molecule has 0 aliphatic carbocycles. The fraction of sp³-hybridized carbons (Fsp3) is 0.727. The van der Waals surface area contributed by atoms with Gasteiger partial charge in [0.2, 0.25) is 0 Å². The second-order valence-corrected chi connectivity index (χ2v) is 4.40. The van der Waals surface area contributed by atoms with Crippen LogP contribution < -0.4 is 5.32 Å². The minimum atomic E-state index is -1.17. The number of amides is 3. The fourth-order valence-corrected chi connectivity index (χ4v) is 1.81. The monoisotopic (exact) mass is 274 g/mol. The van der Waals surface area contributed by atoms with Crippen molar-refractivity contribution < 1.29 is 29.0 Å². The molecule has 2 N–H and O–H groups in total. The minimum Gasteiger partial charge on any atom is -0.480 e. The van der Waals surface area contributed by atoms with E-state index in [1.807, 2.05) is 13.8 Å². The van der Waals surface area contributed by atoms with Gasteiger partial charge in [-0.05, 0) is 13.8 Å². The molecule has 1 rings (SSSR count). The molecule has 1 aliphatic heterocycles. The van der Waals surface area contributed by atoms with E-state index < -0.39 is 31.1 Å². The Labute approximate surface area is 110 Å². The number of aliphatic carboxylic acids is 1. The topological polar surface area (TPSA) is 105 Å². The van der Waals surface area contributed by atoms with Crippen molar-refractivity contribution in [3.8, 4) is 0 Å². The van der Waals surface area contributed by atoms with Gasteiger partial charge in [-0.25, -0.2) is 9.59 Å². The molecule has 1 saturated heterocycles. The van der Waals surface area contributed by atoms with E-state index >= 15 is 0 Å². The van der Waals surface area contributed by atoms with Crippen LogP contribution in [-0.4, -0.2) is 66.4 Å². The highest BCUT2D eigenvalue weighted by molar-refractivity contribution is 5.95. The quantitative estimate of drug-likeness (QED) is 0.711. The summed E-state index contributed by atoms with van der Waals surface area (Å²) in [6.07, 6.45) is -0.180. The van der Waals surface area contributed by atoms with Crippen molar-refractivity contribution in [1.82, 2.24) is 10.2 Å². The second kappa shape index (κ2) is 7.05. The normalized spacial score (nSPS) is 22.9. The molecule has 3 amide bonds. The van der Waals surface area contributed by atoms with Crippen molar-refractivity contribution >= 4 is 17.9 Å². The Morgan fingerprint density at radius 2 is 1.84 bits per heavy atom. The Morgan fingerprint density at radius 1 is 1.26 bits per heavy atom. The molecule has 8 nitrogen and oxygen atoms in total. The smallest absolute Gasteiger partial charge is 0.329 e. The zero-order valence-corrected chi connectivity index (χ0v) is 10.9. The zero-order chi connectivity index (χ0) is 14.4. The SMILES string of the molecule is C[C@@H]1CN(C(=O)NC(=O)COCC(=O)O)C[C@H](C)O1. The maximum absolute atomic E-state index is 11.8. The molecule has 0 unspecified atom stereocenters. The van der Waals surface area contributed by atoms with Gasteiger partial charge in [0.25, 0.3) is 5.91 Å². The van der Waals surface area contributed by atoms with Crippen LogP contribution in [0.1, 0.15) is 13.8 Å². The van der Waals surface area contributed by atoms with E-state index in [1.165, 1.54) is 4.90 Å². The Balaban J connectivity index is 2.33. The lowest BCUT2D eigenvalue weighted by atomic mass is 10.2. The van der Waals surface area contributed by atoms with E-state index in [2.05, 4.69) is 10.1 Å². The zero-order valence-electron chi connectivity index (χ0n) is 10.9. The molecule has 0 aromatic heterocycles. The predicted octanol–water partition coefficient (Wildman–Crippen LogP) is -0.567. The average Bonchev–Trinajstić information content (AvgIpc) is 2.26. The first-order valence-corrected chi connectivity index (χ1v) is 5.92. The van der Waals surface area contributed by atoms with Crippen LogP contribution in [0.2, 0.25) is 0 Å². The number of hydrogen-bond donors (Lipinski definition) is 2. The predicted molar refractivity (Wildman–Crippen MR) is 63.6 cm³/mol. The van der Waals surface area contributed by atoms with Gasteiger partial charge in [0.05, 0.1) is 12.2 Å². The number of nitrogens with zero attached hydrogens (tertiary/aromatic N) is 1. The third-order valence-electron chi connectivity index (χ3n) is 2.41. The Morgan fingerprint density at radius 3 is 2.37 bits per heavy atom. The lowest BCUT2D eigenvalue weighted by Crippen LogP contribution is -2.53. The first kappa shape index (κ1) is 15.4. The highest BCUT2D eigenvalue weighted by Gasteiger charge is 2.26. The lowest BCUT2D eigenvalue weighted by Gasteiger charge is -2.35. The molecule has 0 bridgehead atoms. The molecule has 0 radical (unpaired) electrons. The lowest BCUT2D eigenvalue weighted by molar-refractivity contribution is -0.143. The molecule has 2 atom stereocenters. The van der Waals surface area contributed by atoms with Gasteiger partial charge in [-0.15, -0.1) is 0 Å². The summed E-state index contributed by atoms with van der Waals surface area (Å²) in [5.74, 6) is -1.84. The maximum atomic E-state index is 11.8. The van der Waals surface area contributed by atoms with Crippen LogP contribution in [0.3, 0.4) is 0 Å². The van der Waals surface area contributed by atoms with Crippen molar-refractivity contribution in [1.29, 1.82) is 0 Å². The van der Waals surface area contributed by atoms with Crippen molar-refractivity contribution in [2.75, 3.05) is 26.3 Å². The molecule has 1 heterocycles. The van der Waals surface area contributed by atoms with Gasteiger partial charge in [0.15, 0.2) is 0 Å². The highest BCUT2D eigenvalue weighted by Crippen LogP contribution is 2.10. The van der Waals surface area contributed by atoms with Gasteiger partial charge in [-0.2, -0.15) is 0 Å². The van der Waals surface area contributed by atoms with E-state index in [0.717, 1.165) is 0 Å². The van der Waals surface area contributed by atoms with Crippen molar-refractivity contribution in [2.45, 2.75) is 26.1 Å². The van der Waals surface area contributed by atoms with Gasteiger partial charge >= 0.3 is 12.0 Å². The van der Waals surface area contributed by atoms with Crippen LogP contribution in [0, 0.1) is 0 Å². The number of urea groups is 1. The van der Waals surface area contributed by atoms with Gasteiger partial charge in [0.1, 0.15) is 13.2 Å². The summed E-state index contributed by atoms with van der Waals surface area (Å²) in [7, 11) is 0. The molecule has 8 heteroatoms. The van der Waals surface area contributed by atoms with Gasteiger partial charge in [-0.3, -0.25) is 10.1 Å². The number of carboxylic acid groups (broad SMARTS) is 1. The molecular weight excluding hydrogens is 256 g/mol. The van der Waals surface area contributed by atoms with Crippen LogP contribution >= 0.6 is 0 Å². The number of carbonyl (C=O) groups is 3. The van der Waals surface area contributed by atoms with Crippen LogP contribution in [0.25, 0.3) is 0 Å². The van der Waals surface area contributed by atoms with E-state index in [0.29, 0.717) is 13.1 Å². The Bertz CT molecular complexity index is 349. The summed E-state index contributed by atoms with van der Waals surface area (Å²) in [6.45, 7) is 3.45. The first-order valence-electron chi connectivity index (χ1n) is 5.92. The number of imide groups is 1. The van der Waals surface area contributed by atoms with E-state index in [-0.39, 0.29) is 12.2 Å². The second-order valence-electron chi connectivity index (χ2n) is 4.40. The van der Waals surface area contributed by atoms with Crippen molar-refractivity contribution in [2.24, 2.45) is 0 Å². The fourth-order valence-electron chi connectivity index (χ4n) is 1.81. The molecule has 19 heavy (non-hydrogen) atoms. The van der Waals surface area contributed by atoms with Crippen LogP contribution in [0.4, 0.5) is 4.79 Å². The molecule has 1 fully saturated rings. The summed E-state index contributed by atoms with van der Waals surface area (Å²) >= 11 is 0. The molecule has 1 aliphatic rings. The summed E-state index contributed by atoms with van der Waals surface area (Å²) in [5, 5.41) is 10.5. The number of ether oxygens (including phenoxy) is 2. The number of carboxylic acids is 1. The summed E-state index contributed by atoms with van der Waals surface area (Å²) in [6, 6.07) is -0.522. The van der Waals surface area contributed by atoms with Crippen LogP contribution in [-0.2, 0) is 19.1 Å². The molecule has 0 aromatic rings. The highest BCUT2D eigenvalue weighted by atomic mass is 16.5. The standard InChI is InChI=1S/C11H18N2O6/c1-7-3-13(4-8(2)19-7)11(17)12-9(14)5-18-6-10(15)16/h7-8H,3-6H2,1-2H3,(H,15,16)(H,12,14,17)/t7-,8+. The molecule has 0 aromatic carbocycles. The first-order chi connectivity index (χ1) is 8.88.